The monoisotopic (exact) mass is 289 g/mol. The molecule has 1 unspecified atom stereocenters. The summed E-state index contributed by atoms with van der Waals surface area (Å²) in [5.41, 5.74) is 2.36. The lowest BCUT2D eigenvalue weighted by Gasteiger charge is -2.21. The summed E-state index contributed by atoms with van der Waals surface area (Å²) in [5, 5.41) is 3.54. The van der Waals surface area contributed by atoms with Gasteiger partial charge in [0, 0.05) is 17.0 Å². The Kier molecular flexibility index (Phi) is 5.21. The van der Waals surface area contributed by atoms with Crippen LogP contribution in [0, 0.1) is 5.82 Å². The highest BCUT2D eigenvalue weighted by molar-refractivity contribution is 7.98. The van der Waals surface area contributed by atoms with Crippen LogP contribution in [0.4, 0.5) is 4.39 Å². The van der Waals surface area contributed by atoms with Crippen molar-refractivity contribution in [2.45, 2.75) is 30.8 Å². The molecule has 0 aliphatic carbocycles. The molecular formula is C17H20FNS. The molecule has 0 bridgehead atoms. The molecule has 0 spiro atoms. The van der Waals surface area contributed by atoms with Crippen molar-refractivity contribution in [3.63, 3.8) is 0 Å². The highest BCUT2D eigenvalue weighted by Crippen LogP contribution is 2.22. The first-order chi connectivity index (χ1) is 9.60. The third-order valence-electron chi connectivity index (χ3n) is 3.49. The van der Waals surface area contributed by atoms with Gasteiger partial charge in [0.15, 0.2) is 0 Å². The minimum absolute atomic E-state index is 0.186. The van der Waals surface area contributed by atoms with Crippen molar-refractivity contribution < 1.29 is 4.39 Å². The molecule has 106 valence electrons. The van der Waals surface area contributed by atoms with Gasteiger partial charge in [-0.05, 0) is 55.5 Å². The van der Waals surface area contributed by atoms with Crippen LogP contribution in [0.5, 0.6) is 0 Å². The van der Waals surface area contributed by atoms with Gasteiger partial charge in [-0.15, -0.1) is 11.8 Å². The van der Waals surface area contributed by atoms with Gasteiger partial charge in [0.25, 0.3) is 0 Å². The van der Waals surface area contributed by atoms with Gasteiger partial charge in [-0.25, -0.2) is 4.39 Å². The fraction of sp³-hybridized carbons (Fsp3) is 0.294. The van der Waals surface area contributed by atoms with Crippen LogP contribution < -0.4 is 5.32 Å². The molecule has 3 heteroatoms. The number of nitrogens with one attached hydrogen (secondary N) is 1. The summed E-state index contributed by atoms with van der Waals surface area (Å²) in [4.78, 5) is 1.27. The Hall–Kier alpha value is -1.32. The largest absolute Gasteiger partial charge is 0.304 e. The van der Waals surface area contributed by atoms with Crippen LogP contribution in [0.1, 0.15) is 37.1 Å². The third-order valence-corrected chi connectivity index (χ3v) is 4.23. The van der Waals surface area contributed by atoms with E-state index < -0.39 is 0 Å². The quantitative estimate of drug-likeness (QED) is 0.781. The van der Waals surface area contributed by atoms with Crippen molar-refractivity contribution >= 4 is 11.8 Å². The maximum atomic E-state index is 12.9. The maximum Gasteiger partial charge on any atom is 0.123 e. The predicted octanol–water partition coefficient (Wildman–Crippen LogP) is 4.96. The van der Waals surface area contributed by atoms with Crippen LogP contribution in [-0.4, -0.2) is 6.26 Å². The van der Waals surface area contributed by atoms with Gasteiger partial charge >= 0.3 is 0 Å². The SMILES string of the molecule is CSc1ccc(C(C)N[C@H](C)c2ccc(F)cc2)cc1. The van der Waals surface area contributed by atoms with E-state index in [1.807, 2.05) is 12.1 Å². The predicted molar refractivity (Wildman–Crippen MR) is 84.6 cm³/mol. The normalized spacial score (nSPS) is 14.0. The number of thioether (sulfide) groups is 1. The molecule has 0 heterocycles. The molecule has 0 saturated heterocycles. The van der Waals surface area contributed by atoms with Gasteiger partial charge in [0.1, 0.15) is 5.82 Å². The first-order valence-corrected chi connectivity index (χ1v) is 7.98. The molecule has 0 aliphatic heterocycles. The molecule has 1 N–H and O–H groups in total. The summed E-state index contributed by atoms with van der Waals surface area (Å²) >= 11 is 1.75. The number of hydrogen-bond donors (Lipinski definition) is 1. The van der Waals surface area contributed by atoms with E-state index in [-0.39, 0.29) is 17.9 Å². The van der Waals surface area contributed by atoms with Gasteiger partial charge in [-0.1, -0.05) is 24.3 Å². The lowest BCUT2D eigenvalue weighted by molar-refractivity contribution is 0.493. The highest BCUT2D eigenvalue weighted by Gasteiger charge is 2.11. The van der Waals surface area contributed by atoms with Gasteiger partial charge in [-0.3, -0.25) is 0 Å². The third kappa shape index (κ3) is 3.84. The summed E-state index contributed by atoms with van der Waals surface area (Å²) in [5.74, 6) is -0.193. The topological polar surface area (TPSA) is 12.0 Å². The van der Waals surface area contributed by atoms with Gasteiger partial charge in [0.2, 0.25) is 0 Å². The molecule has 0 aromatic heterocycles. The number of benzene rings is 2. The lowest BCUT2D eigenvalue weighted by atomic mass is 10.0. The highest BCUT2D eigenvalue weighted by atomic mass is 32.2. The molecule has 0 radical (unpaired) electrons. The minimum Gasteiger partial charge on any atom is -0.304 e. The molecule has 2 atom stereocenters. The van der Waals surface area contributed by atoms with E-state index in [9.17, 15) is 4.39 Å². The molecule has 0 saturated carbocycles. The van der Waals surface area contributed by atoms with E-state index in [1.165, 1.54) is 22.6 Å². The smallest absolute Gasteiger partial charge is 0.123 e. The van der Waals surface area contributed by atoms with E-state index in [2.05, 4.69) is 49.7 Å². The van der Waals surface area contributed by atoms with Crippen molar-refractivity contribution in [1.82, 2.24) is 5.32 Å². The molecule has 2 rings (SSSR count). The molecular weight excluding hydrogens is 269 g/mol. The van der Waals surface area contributed by atoms with Crippen molar-refractivity contribution in [3.8, 4) is 0 Å². The van der Waals surface area contributed by atoms with Crippen LogP contribution in [0.2, 0.25) is 0 Å². The van der Waals surface area contributed by atoms with E-state index >= 15 is 0 Å². The Morgan fingerprint density at radius 1 is 0.850 bits per heavy atom. The van der Waals surface area contributed by atoms with E-state index in [0.717, 1.165) is 5.56 Å². The molecule has 0 amide bonds. The summed E-state index contributed by atoms with van der Waals surface area (Å²) < 4.78 is 12.9. The Labute approximate surface area is 124 Å². The first-order valence-electron chi connectivity index (χ1n) is 6.75. The Morgan fingerprint density at radius 3 is 1.75 bits per heavy atom. The fourth-order valence-electron chi connectivity index (χ4n) is 2.21. The van der Waals surface area contributed by atoms with Crippen LogP contribution in [0.25, 0.3) is 0 Å². The molecule has 2 aromatic rings. The number of rotatable bonds is 5. The van der Waals surface area contributed by atoms with Crippen molar-refractivity contribution in [1.29, 1.82) is 0 Å². The Morgan fingerprint density at radius 2 is 1.30 bits per heavy atom. The fourth-order valence-corrected chi connectivity index (χ4v) is 2.62. The van der Waals surface area contributed by atoms with Crippen LogP contribution >= 0.6 is 11.8 Å². The summed E-state index contributed by atoms with van der Waals surface area (Å²) in [6.07, 6.45) is 2.08. The van der Waals surface area contributed by atoms with Gasteiger partial charge in [0.05, 0.1) is 0 Å². The van der Waals surface area contributed by atoms with E-state index in [4.69, 9.17) is 0 Å². The van der Waals surface area contributed by atoms with Crippen molar-refractivity contribution in [2.24, 2.45) is 0 Å². The standard InChI is InChI=1S/C17H20FNS/c1-12(14-4-8-16(18)9-5-14)19-13(2)15-6-10-17(20-3)11-7-15/h4-13,19H,1-3H3/t12-,13?/m1/s1. The van der Waals surface area contributed by atoms with Crippen molar-refractivity contribution in [2.75, 3.05) is 6.26 Å². The summed E-state index contributed by atoms with van der Waals surface area (Å²) in [7, 11) is 0. The zero-order valence-electron chi connectivity index (χ0n) is 12.1. The maximum absolute atomic E-state index is 12.9. The average Bonchev–Trinajstić information content (AvgIpc) is 2.48. The van der Waals surface area contributed by atoms with E-state index in [0.29, 0.717) is 0 Å². The minimum atomic E-state index is -0.193. The van der Waals surface area contributed by atoms with Gasteiger partial charge in [-0.2, -0.15) is 0 Å². The molecule has 20 heavy (non-hydrogen) atoms. The number of hydrogen-bond acceptors (Lipinski definition) is 2. The Balaban J connectivity index is 2.02. The second-order valence-electron chi connectivity index (χ2n) is 4.93. The average molecular weight is 289 g/mol. The lowest BCUT2D eigenvalue weighted by Crippen LogP contribution is -2.22. The zero-order valence-corrected chi connectivity index (χ0v) is 12.9. The molecule has 2 aromatic carbocycles. The summed E-state index contributed by atoms with van der Waals surface area (Å²) in [6.45, 7) is 4.24. The second kappa shape index (κ2) is 6.91. The molecule has 0 aliphatic rings. The summed E-state index contributed by atoms with van der Waals surface area (Å²) in [6, 6.07) is 15.7. The first kappa shape index (κ1) is 15.1. The van der Waals surface area contributed by atoms with Crippen LogP contribution in [0.15, 0.2) is 53.4 Å². The van der Waals surface area contributed by atoms with Gasteiger partial charge < -0.3 is 5.32 Å². The molecule has 1 nitrogen and oxygen atoms in total. The van der Waals surface area contributed by atoms with E-state index in [1.54, 1.807) is 11.8 Å². The second-order valence-corrected chi connectivity index (χ2v) is 5.81. The number of halogens is 1. The Bertz CT molecular complexity index is 536. The molecule has 0 fully saturated rings. The van der Waals surface area contributed by atoms with Crippen molar-refractivity contribution in [3.05, 3.63) is 65.5 Å². The van der Waals surface area contributed by atoms with Crippen LogP contribution in [0.3, 0.4) is 0 Å². The van der Waals surface area contributed by atoms with Crippen LogP contribution in [-0.2, 0) is 0 Å². The zero-order chi connectivity index (χ0) is 14.5.